The number of hydrogen-bond acceptors (Lipinski definition) is 5. The predicted molar refractivity (Wildman–Crippen MR) is 92.1 cm³/mol. The fraction of sp³-hybridized carbons (Fsp3) is 0.412. The fourth-order valence-corrected chi connectivity index (χ4v) is 3.59. The van der Waals surface area contributed by atoms with Crippen molar-refractivity contribution < 1.29 is 9.53 Å². The molecule has 2 atom stereocenters. The van der Waals surface area contributed by atoms with Gasteiger partial charge in [0.15, 0.2) is 0 Å². The van der Waals surface area contributed by atoms with Gasteiger partial charge in [0.25, 0.3) is 5.91 Å². The molecule has 0 spiro atoms. The molecular weight excluding hydrogens is 310 g/mol. The molecule has 1 aliphatic rings. The summed E-state index contributed by atoms with van der Waals surface area (Å²) in [6.45, 7) is 3.10. The molecule has 2 unspecified atom stereocenters. The van der Waals surface area contributed by atoms with Gasteiger partial charge < -0.3 is 15.4 Å². The van der Waals surface area contributed by atoms with Gasteiger partial charge in [-0.05, 0) is 50.6 Å². The normalized spacial score (nSPS) is 21.0. The van der Waals surface area contributed by atoms with Gasteiger partial charge in [0.05, 0.1) is 13.3 Å². The monoisotopic (exact) mass is 331 g/mol. The third-order valence-electron chi connectivity index (χ3n) is 4.03. The van der Waals surface area contributed by atoms with Gasteiger partial charge >= 0.3 is 0 Å². The van der Waals surface area contributed by atoms with E-state index in [4.69, 9.17) is 4.74 Å². The van der Waals surface area contributed by atoms with Gasteiger partial charge in [-0.1, -0.05) is 0 Å². The maximum atomic E-state index is 12.4. The zero-order chi connectivity index (χ0) is 16.2. The Labute approximate surface area is 140 Å². The first-order chi connectivity index (χ1) is 11.2. The zero-order valence-electron chi connectivity index (χ0n) is 13.3. The third-order valence-corrected chi connectivity index (χ3v) is 5.07. The Morgan fingerprint density at radius 3 is 2.87 bits per heavy atom. The molecule has 1 saturated heterocycles. The molecule has 6 heteroatoms. The molecule has 3 rings (SSSR count). The lowest BCUT2D eigenvalue weighted by Gasteiger charge is -2.28. The lowest BCUT2D eigenvalue weighted by atomic mass is 10.0. The second kappa shape index (κ2) is 7.10. The fourth-order valence-electron chi connectivity index (χ4n) is 2.77. The summed E-state index contributed by atoms with van der Waals surface area (Å²) in [4.78, 5) is 17.4. The van der Waals surface area contributed by atoms with Gasteiger partial charge in [-0.2, -0.15) is 0 Å². The molecule has 0 saturated carbocycles. The lowest BCUT2D eigenvalue weighted by molar-refractivity contribution is 0.0929. The third kappa shape index (κ3) is 3.89. The van der Waals surface area contributed by atoms with E-state index in [1.165, 1.54) is 11.3 Å². The van der Waals surface area contributed by atoms with Crippen LogP contribution in [0.2, 0.25) is 0 Å². The molecule has 1 fully saturated rings. The van der Waals surface area contributed by atoms with Gasteiger partial charge in [-0.3, -0.25) is 4.79 Å². The minimum Gasteiger partial charge on any atom is -0.497 e. The highest BCUT2D eigenvalue weighted by molar-refractivity contribution is 7.16. The van der Waals surface area contributed by atoms with E-state index in [9.17, 15) is 4.79 Å². The summed E-state index contributed by atoms with van der Waals surface area (Å²) >= 11 is 1.42. The molecule has 1 aromatic carbocycles. The van der Waals surface area contributed by atoms with Crippen LogP contribution in [0.5, 0.6) is 5.75 Å². The number of carbonyl (C=O) groups excluding carboxylic acids is 1. The largest absolute Gasteiger partial charge is 0.497 e. The van der Waals surface area contributed by atoms with Gasteiger partial charge in [0, 0.05) is 17.6 Å². The van der Waals surface area contributed by atoms with Crippen LogP contribution in [0.1, 0.15) is 29.4 Å². The van der Waals surface area contributed by atoms with E-state index in [0.717, 1.165) is 35.7 Å². The predicted octanol–water partition coefficient (Wildman–Crippen LogP) is 2.69. The van der Waals surface area contributed by atoms with E-state index >= 15 is 0 Å². The van der Waals surface area contributed by atoms with Crippen molar-refractivity contribution >= 4 is 17.2 Å². The van der Waals surface area contributed by atoms with Crippen LogP contribution >= 0.6 is 11.3 Å². The van der Waals surface area contributed by atoms with Crippen LogP contribution in [0, 0.1) is 0 Å². The Balaban J connectivity index is 1.66. The van der Waals surface area contributed by atoms with Crippen LogP contribution in [0.3, 0.4) is 0 Å². The first-order valence-electron chi connectivity index (χ1n) is 7.80. The summed E-state index contributed by atoms with van der Waals surface area (Å²) in [5, 5.41) is 7.35. The summed E-state index contributed by atoms with van der Waals surface area (Å²) in [5.41, 5.74) is 0.991. The molecule has 2 aromatic rings. The van der Waals surface area contributed by atoms with Crippen LogP contribution in [-0.4, -0.2) is 36.6 Å². The van der Waals surface area contributed by atoms with Gasteiger partial charge in [-0.25, -0.2) is 4.98 Å². The van der Waals surface area contributed by atoms with Gasteiger partial charge in [-0.15, -0.1) is 11.3 Å². The molecule has 0 radical (unpaired) electrons. The Hall–Kier alpha value is -1.92. The SMILES string of the molecule is COc1ccc(-c2ncc(C(=O)NC3CCNC(C)C3)s2)cc1. The summed E-state index contributed by atoms with van der Waals surface area (Å²) in [7, 11) is 1.64. The highest BCUT2D eigenvalue weighted by Gasteiger charge is 2.21. The topological polar surface area (TPSA) is 63.2 Å². The van der Waals surface area contributed by atoms with Gasteiger partial charge in [0.1, 0.15) is 15.6 Å². The maximum Gasteiger partial charge on any atom is 0.263 e. The van der Waals surface area contributed by atoms with Crippen molar-refractivity contribution in [2.24, 2.45) is 0 Å². The van der Waals surface area contributed by atoms with E-state index in [0.29, 0.717) is 10.9 Å². The van der Waals surface area contributed by atoms with E-state index in [1.807, 2.05) is 24.3 Å². The van der Waals surface area contributed by atoms with Crippen molar-refractivity contribution in [3.8, 4) is 16.3 Å². The van der Waals surface area contributed by atoms with Crippen molar-refractivity contribution in [3.05, 3.63) is 35.3 Å². The molecule has 2 heterocycles. The van der Waals surface area contributed by atoms with Crippen LogP contribution in [0.25, 0.3) is 10.6 Å². The van der Waals surface area contributed by atoms with Crippen molar-refractivity contribution in [3.63, 3.8) is 0 Å². The summed E-state index contributed by atoms with van der Waals surface area (Å²) in [6, 6.07) is 8.39. The Morgan fingerprint density at radius 2 is 2.17 bits per heavy atom. The summed E-state index contributed by atoms with van der Waals surface area (Å²) in [6.07, 6.45) is 3.60. The first-order valence-corrected chi connectivity index (χ1v) is 8.62. The number of nitrogens with zero attached hydrogens (tertiary/aromatic N) is 1. The molecular formula is C17H21N3O2S. The average molecular weight is 331 g/mol. The smallest absolute Gasteiger partial charge is 0.263 e. The summed E-state index contributed by atoms with van der Waals surface area (Å²) < 4.78 is 5.16. The average Bonchev–Trinajstić information content (AvgIpc) is 3.05. The van der Waals surface area contributed by atoms with Crippen LogP contribution in [-0.2, 0) is 0 Å². The number of hydrogen-bond donors (Lipinski definition) is 2. The van der Waals surface area contributed by atoms with Crippen molar-refractivity contribution in [2.75, 3.05) is 13.7 Å². The van der Waals surface area contributed by atoms with Crippen molar-refractivity contribution in [1.82, 2.24) is 15.6 Å². The Morgan fingerprint density at radius 1 is 1.39 bits per heavy atom. The molecule has 1 amide bonds. The number of carbonyl (C=O) groups is 1. The highest BCUT2D eigenvalue weighted by atomic mass is 32.1. The quantitative estimate of drug-likeness (QED) is 0.904. The van der Waals surface area contributed by atoms with Crippen molar-refractivity contribution in [1.29, 1.82) is 0 Å². The number of piperidine rings is 1. The Kier molecular flexibility index (Phi) is 4.93. The van der Waals surface area contributed by atoms with Crippen molar-refractivity contribution in [2.45, 2.75) is 31.8 Å². The summed E-state index contributed by atoms with van der Waals surface area (Å²) in [5.74, 6) is 0.782. The first kappa shape index (κ1) is 16.0. The molecule has 122 valence electrons. The molecule has 23 heavy (non-hydrogen) atoms. The molecule has 1 aromatic heterocycles. The minimum absolute atomic E-state index is 0.0265. The minimum atomic E-state index is -0.0265. The number of methoxy groups -OCH3 is 1. The lowest BCUT2D eigenvalue weighted by Crippen LogP contribution is -2.46. The van der Waals surface area contributed by atoms with E-state index in [1.54, 1.807) is 13.3 Å². The second-order valence-corrected chi connectivity index (χ2v) is 6.84. The number of rotatable bonds is 4. The molecule has 5 nitrogen and oxygen atoms in total. The second-order valence-electron chi connectivity index (χ2n) is 5.81. The van der Waals surface area contributed by atoms with Crippen LogP contribution in [0.4, 0.5) is 0 Å². The van der Waals surface area contributed by atoms with E-state index in [2.05, 4.69) is 22.5 Å². The van der Waals surface area contributed by atoms with Gasteiger partial charge in [0.2, 0.25) is 0 Å². The molecule has 1 aliphatic heterocycles. The maximum absolute atomic E-state index is 12.4. The molecule has 0 bridgehead atoms. The Bertz CT molecular complexity index is 669. The number of ether oxygens (including phenoxy) is 1. The highest BCUT2D eigenvalue weighted by Crippen LogP contribution is 2.27. The molecule has 2 N–H and O–H groups in total. The van der Waals surface area contributed by atoms with Crippen LogP contribution in [0.15, 0.2) is 30.5 Å². The number of nitrogens with one attached hydrogen (secondary N) is 2. The zero-order valence-corrected chi connectivity index (χ0v) is 14.2. The van der Waals surface area contributed by atoms with Crippen LogP contribution < -0.4 is 15.4 Å². The molecule has 0 aliphatic carbocycles. The standard InChI is InChI=1S/C17H21N3O2S/c1-11-9-13(7-8-18-11)20-16(21)15-10-19-17(23-15)12-3-5-14(22-2)6-4-12/h3-6,10-11,13,18H,7-9H2,1-2H3,(H,20,21). The number of amides is 1. The number of aromatic nitrogens is 1. The number of thiazole rings is 1. The number of benzene rings is 1. The van der Waals surface area contributed by atoms with E-state index in [-0.39, 0.29) is 11.9 Å². The van der Waals surface area contributed by atoms with E-state index < -0.39 is 0 Å².